The first kappa shape index (κ1) is 12.4. The predicted molar refractivity (Wildman–Crippen MR) is 65.9 cm³/mol. The lowest BCUT2D eigenvalue weighted by molar-refractivity contribution is -0.119. The second kappa shape index (κ2) is 3.46. The molecule has 1 aliphatic heterocycles. The molecule has 0 saturated carbocycles. The van der Waals surface area contributed by atoms with Crippen LogP contribution in [0.25, 0.3) is 0 Å². The number of aryl methyl sites for hydroxylation is 1. The monoisotopic (exact) mass is 273 g/mol. The number of nitrogens with one attached hydrogen (secondary N) is 1. The summed E-state index contributed by atoms with van der Waals surface area (Å²) >= 11 is 0. The lowest BCUT2D eigenvalue weighted by Gasteiger charge is -2.15. The van der Waals surface area contributed by atoms with Crippen molar-refractivity contribution in [3.05, 3.63) is 23.3 Å². The van der Waals surface area contributed by atoms with E-state index in [0.717, 1.165) is 0 Å². The molecule has 1 heterocycles. The van der Waals surface area contributed by atoms with Gasteiger partial charge in [-0.05, 0) is 44.0 Å². The minimum absolute atomic E-state index is 0.0278. The van der Waals surface area contributed by atoms with Gasteiger partial charge >= 0.3 is 0 Å². The first-order chi connectivity index (χ1) is 7.64. The molecule has 0 spiro atoms. The van der Waals surface area contributed by atoms with E-state index in [0.29, 0.717) is 16.8 Å². The minimum atomic E-state index is -3.78. The van der Waals surface area contributed by atoms with Gasteiger partial charge in [0.25, 0.3) is 9.05 Å². The molecule has 1 amide bonds. The average Bonchev–Trinajstić information content (AvgIpc) is 2.39. The topological polar surface area (TPSA) is 63.2 Å². The molecule has 1 aliphatic rings. The molecule has 17 heavy (non-hydrogen) atoms. The molecule has 1 aromatic rings. The van der Waals surface area contributed by atoms with Crippen molar-refractivity contribution < 1.29 is 13.2 Å². The van der Waals surface area contributed by atoms with Crippen LogP contribution < -0.4 is 5.32 Å². The molecule has 6 heteroatoms. The van der Waals surface area contributed by atoms with Crippen LogP contribution in [0.15, 0.2) is 17.0 Å². The van der Waals surface area contributed by atoms with Crippen LogP contribution in [0.1, 0.15) is 25.0 Å². The van der Waals surface area contributed by atoms with E-state index in [-0.39, 0.29) is 10.8 Å². The third-order valence-corrected chi connectivity index (χ3v) is 4.40. The van der Waals surface area contributed by atoms with Crippen molar-refractivity contribution in [1.29, 1.82) is 0 Å². The van der Waals surface area contributed by atoms with Crippen LogP contribution in [0, 0.1) is 6.92 Å². The van der Waals surface area contributed by atoms with Crippen LogP contribution in [0.3, 0.4) is 0 Å². The fourth-order valence-electron chi connectivity index (χ4n) is 1.95. The number of rotatable bonds is 1. The smallest absolute Gasteiger partial charge is 0.261 e. The Morgan fingerprint density at radius 3 is 2.41 bits per heavy atom. The van der Waals surface area contributed by atoms with Crippen LogP contribution in [-0.4, -0.2) is 14.3 Å². The quantitative estimate of drug-likeness (QED) is 0.798. The normalized spacial score (nSPS) is 17.8. The molecule has 0 unspecified atom stereocenters. The fourth-order valence-corrected chi connectivity index (χ4v) is 2.79. The second-order valence-corrected chi connectivity index (χ2v) is 7.25. The molecule has 1 aromatic carbocycles. The van der Waals surface area contributed by atoms with E-state index in [1.54, 1.807) is 20.8 Å². The molecule has 0 atom stereocenters. The Hall–Kier alpha value is -1.07. The van der Waals surface area contributed by atoms with Gasteiger partial charge in [-0.15, -0.1) is 0 Å². The van der Waals surface area contributed by atoms with Crippen LogP contribution in [0.5, 0.6) is 0 Å². The molecule has 0 bridgehead atoms. The third kappa shape index (κ3) is 1.83. The predicted octanol–water partition coefficient (Wildman–Crippen LogP) is 2.15. The number of anilines is 1. The lowest BCUT2D eigenvalue weighted by atomic mass is 9.85. The molecule has 2 rings (SSSR count). The summed E-state index contributed by atoms with van der Waals surface area (Å²) in [5.74, 6) is -0.139. The molecule has 4 nitrogen and oxygen atoms in total. The summed E-state index contributed by atoms with van der Waals surface area (Å²) in [6.45, 7) is 5.24. The number of amides is 1. The van der Waals surface area contributed by atoms with Crippen molar-refractivity contribution in [1.82, 2.24) is 0 Å². The van der Waals surface area contributed by atoms with Gasteiger partial charge in [-0.3, -0.25) is 4.79 Å². The van der Waals surface area contributed by atoms with Crippen LogP contribution in [0.4, 0.5) is 5.69 Å². The molecule has 92 valence electrons. The largest absolute Gasteiger partial charge is 0.325 e. The highest BCUT2D eigenvalue weighted by atomic mass is 35.7. The Bertz CT molecular complexity index is 620. The number of carbonyl (C=O) groups is 1. The first-order valence-corrected chi connectivity index (χ1v) is 7.36. The molecule has 1 N–H and O–H groups in total. The molecule has 0 saturated heterocycles. The van der Waals surface area contributed by atoms with Gasteiger partial charge < -0.3 is 5.32 Å². The Morgan fingerprint density at radius 1 is 1.29 bits per heavy atom. The Balaban J connectivity index is 2.76. The van der Waals surface area contributed by atoms with Crippen LogP contribution in [-0.2, 0) is 19.3 Å². The minimum Gasteiger partial charge on any atom is -0.325 e. The fraction of sp³-hybridized carbons (Fsp3) is 0.364. The Labute approximate surface area is 104 Å². The molecule has 0 aliphatic carbocycles. The average molecular weight is 274 g/mol. The van der Waals surface area contributed by atoms with E-state index < -0.39 is 14.5 Å². The summed E-state index contributed by atoms with van der Waals surface area (Å²) in [6.07, 6.45) is 0. The third-order valence-electron chi connectivity index (χ3n) is 3.07. The summed E-state index contributed by atoms with van der Waals surface area (Å²) in [4.78, 5) is 11.8. The second-order valence-electron chi connectivity index (χ2n) is 4.68. The van der Waals surface area contributed by atoms with Gasteiger partial charge in [0.1, 0.15) is 0 Å². The zero-order valence-electron chi connectivity index (χ0n) is 9.67. The van der Waals surface area contributed by atoms with E-state index in [1.807, 2.05) is 0 Å². The van der Waals surface area contributed by atoms with Crippen molar-refractivity contribution in [2.45, 2.75) is 31.1 Å². The van der Waals surface area contributed by atoms with E-state index >= 15 is 0 Å². The van der Waals surface area contributed by atoms with E-state index in [2.05, 4.69) is 5.32 Å². The zero-order valence-corrected chi connectivity index (χ0v) is 11.2. The van der Waals surface area contributed by atoms with Crippen molar-refractivity contribution in [3.63, 3.8) is 0 Å². The highest BCUT2D eigenvalue weighted by molar-refractivity contribution is 8.13. The molecular weight excluding hydrogens is 262 g/mol. The number of fused-ring (bicyclic) bond motifs is 1. The van der Waals surface area contributed by atoms with E-state index in [1.165, 1.54) is 12.1 Å². The number of halogens is 1. The highest BCUT2D eigenvalue weighted by Crippen LogP contribution is 2.41. The summed E-state index contributed by atoms with van der Waals surface area (Å²) < 4.78 is 22.7. The summed E-state index contributed by atoms with van der Waals surface area (Å²) in [6, 6.07) is 2.92. The van der Waals surface area contributed by atoms with Gasteiger partial charge in [0, 0.05) is 16.4 Å². The van der Waals surface area contributed by atoms with Gasteiger partial charge in [0.15, 0.2) is 0 Å². The maximum atomic E-state index is 11.8. The first-order valence-electron chi connectivity index (χ1n) is 5.05. The van der Waals surface area contributed by atoms with Gasteiger partial charge in [-0.2, -0.15) is 0 Å². The SMILES string of the molecule is Cc1cc(S(=O)(=O)Cl)cc2c1NC(=O)C2(C)C. The zero-order chi connectivity index (χ0) is 13.0. The van der Waals surface area contributed by atoms with Gasteiger partial charge in [-0.1, -0.05) is 0 Å². The number of carbonyl (C=O) groups excluding carboxylic acids is 1. The Kier molecular flexibility index (Phi) is 2.52. The maximum absolute atomic E-state index is 11.8. The van der Waals surface area contributed by atoms with Crippen molar-refractivity contribution in [2.75, 3.05) is 5.32 Å². The van der Waals surface area contributed by atoms with Crippen LogP contribution in [0.2, 0.25) is 0 Å². The van der Waals surface area contributed by atoms with Gasteiger partial charge in [-0.25, -0.2) is 8.42 Å². The lowest BCUT2D eigenvalue weighted by Crippen LogP contribution is -2.26. The number of benzene rings is 1. The van der Waals surface area contributed by atoms with Crippen LogP contribution >= 0.6 is 10.7 Å². The Morgan fingerprint density at radius 2 is 1.88 bits per heavy atom. The highest BCUT2D eigenvalue weighted by Gasteiger charge is 2.39. The van der Waals surface area contributed by atoms with E-state index in [4.69, 9.17) is 10.7 Å². The number of hydrogen-bond donors (Lipinski definition) is 1. The van der Waals surface area contributed by atoms with E-state index in [9.17, 15) is 13.2 Å². The van der Waals surface area contributed by atoms with Crippen molar-refractivity contribution in [2.24, 2.45) is 0 Å². The molecular formula is C11H12ClNO3S. The molecule has 0 aromatic heterocycles. The maximum Gasteiger partial charge on any atom is 0.261 e. The summed E-state index contributed by atoms with van der Waals surface area (Å²) in [5, 5.41) is 2.76. The van der Waals surface area contributed by atoms with Gasteiger partial charge in [0.2, 0.25) is 5.91 Å². The molecule has 0 fully saturated rings. The van der Waals surface area contributed by atoms with Crippen molar-refractivity contribution in [3.8, 4) is 0 Å². The standard InChI is InChI=1S/C11H12ClNO3S/c1-6-4-7(17(12,15)16)5-8-9(6)13-10(14)11(8,2)3/h4-5H,1-3H3,(H,13,14). The summed E-state index contributed by atoms with van der Waals surface area (Å²) in [5.41, 5.74) is 1.31. The van der Waals surface area contributed by atoms with Crippen molar-refractivity contribution >= 4 is 31.3 Å². The molecule has 0 radical (unpaired) electrons. The van der Waals surface area contributed by atoms with Gasteiger partial charge in [0.05, 0.1) is 10.3 Å². The summed E-state index contributed by atoms with van der Waals surface area (Å²) in [7, 11) is 1.55. The number of hydrogen-bond acceptors (Lipinski definition) is 3.